The van der Waals surface area contributed by atoms with Gasteiger partial charge in [0.25, 0.3) is 0 Å². The number of aromatic nitrogens is 2. The van der Waals surface area contributed by atoms with E-state index < -0.39 is 23.5 Å². The number of alkyl halides is 3. The number of amides is 1. The Kier molecular flexibility index (Phi) is 5.96. The van der Waals surface area contributed by atoms with Crippen molar-refractivity contribution in [2.75, 3.05) is 33.4 Å². The Balaban J connectivity index is 1.53. The number of likely N-dealkylation sites (tertiary alicyclic amines) is 1. The topological polar surface area (TPSA) is 74.9 Å². The standard InChI is InChI=1S/C24H24F3N3O5/c1-33-20-8-4-7-19-21(20)29(11-15-5-2-3-6-18(15)24(25,26)27)22(31)30(19)16-9-10-28(12-16)23(32)35-17-13-34-14-17/h2-8,16-17H,9-14H2,1H3/t16-/m1/s1. The Bertz CT molecular complexity index is 1310. The van der Waals surface area contributed by atoms with Crippen molar-refractivity contribution in [1.29, 1.82) is 0 Å². The maximum Gasteiger partial charge on any atom is 0.416 e. The van der Waals surface area contributed by atoms with E-state index >= 15 is 0 Å². The predicted molar refractivity (Wildman–Crippen MR) is 120 cm³/mol. The Morgan fingerprint density at radius 1 is 1.14 bits per heavy atom. The molecule has 2 aromatic carbocycles. The monoisotopic (exact) mass is 491 g/mol. The predicted octanol–water partition coefficient (Wildman–Crippen LogP) is 3.66. The third kappa shape index (κ3) is 4.24. The van der Waals surface area contributed by atoms with E-state index in [1.807, 2.05) is 0 Å². The summed E-state index contributed by atoms with van der Waals surface area (Å²) in [6.45, 7) is 1.11. The summed E-state index contributed by atoms with van der Waals surface area (Å²) < 4.78 is 59.6. The molecule has 1 atom stereocenters. The van der Waals surface area contributed by atoms with Gasteiger partial charge < -0.3 is 19.1 Å². The van der Waals surface area contributed by atoms with Gasteiger partial charge >= 0.3 is 18.0 Å². The van der Waals surface area contributed by atoms with Crippen LogP contribution in [-0.4, -0.2) is 59.6 Å². The van der Waals surface area contributed by atoms with Crippen LogP contribution in [0.4, 0.5) is 18.0 Å². The van der Waals surface area contributed by atoms with Crippen molar-refractivity contribution in [2.45, 2.75) is 31.3 Å². The van der Waals surface area contributed by atoms with Crippen LogP contribution in [0.2, 0.25) is 0 Å². The first-order valence-electron chi connectivity index (χ1n) is 11.2. The van der Waals surface area contributed by atoms with Crippen LogP contribution in [0.1, 0.15) is 23.6 Å². The summed E-state index contributed by atoms with van der Waals surface area (Å²) in [5, 5.41) is 0. The van der Waals surface area contributed by atoms with Crippen LogP contribution >= 0.6 is 0 Å². The maximum atomic E-state index is 13.7. The van der Waals surface area contributed by atoms with Crippen molar-refractivity contribution in [2.24, 2.45) is 0 Å². The van der Waals surface area contributed by atoms with Crippen LogP contribution in [0, 0.1) is 0 Å². The minimum absolute atomic E-state index is 0.0219. The number of imidazole rings is 1. The number of benzene rings is 2. The van der Waals surface area contributed by atoms with E-state index in [0.717, 1.165) is 6.07 Å². The zero-order chi connectivity index (χ0) is 24.7. The molecule has 0 radical (unpaired) electrons. The molecule has 0 bridgehead atoms. The van der Waals surface area contributed by atoms with Crippen molar-refractivity contribution >= 4 is 17.1 Å². The summed E-state index contributed by atoms with van der Waals surface area (Å²) in [6, 6.07) is 9.97. The van der Waals surface area contributed by atoms with E-state index in [2.05, 4.69) is 0 Å². The fourth-order valence-electron chi connectivity index (χ4n) is 4.69. The van der Waals surface area contributed by atoms with Crippen LogP contribution in [0.25, 0.3) is 11.0 Å². The number of nitrogens with zero attached hydrogens (tertiary/aromatic N) is 3. The number of rotatable bonds is 5. The van der Waals surface area contributed by atoms with E-state index in [1.165, 1.54) is 34.8 Å². The number of halogens is 3. The summed E-state index contributed by atoms with van der Waals surface area (Å²) in [5.74, 6) is 0.377. The number of methoxy groups -OCH3 is 1. The second-order valence-corrected chi connectivity index (χ2v) is 8.65. The molecule has 2 fully saturated rings. The van der Waals surface area contributed by atoms with Crippen LogP contribution in [0.5, 0.6) is 5.75 Å². The summed E-state index contributed by atoms with van der Waals surface area (Å²) in [6.07, 6.45) is -4.77. The Hall–Kier alpha value is -3.47. The Labute approximate surface area is 198 Å². The van der Waals surface area contributed by atoms with Gasteiger partial charge in [-0.05, 0) is 30.2 Å². The lowest BCUT2D eigenvalue weighted by Gasteiger charge is -2.28. The van der Waals surface area contributed by atoms with Crippen LogP contribution in [0.15, 0.2) is 47.3 Å². The molecule has 0 saturated carbocycles. The molecule has 186 valence electrons. The third-order valence-electron chi connectivity index (χ3n) is 6.48. The quantitative estimate of drug-likeness (QED) is 0.545. The van der Waals surface area contributed by atoms with Gasteiger partial charge in [0.2, 0.25) is 0 Å². The number of carbonyl (C=O) groups is 1. The van der Waals surface area contributed by atoms with Crippen molar-refractivity contribution in [3.05, 3.63) is 64.1 Å². The van der Waals surface area contributed by atoms with Gasteiger partial charge in [-0.2, -0.15) is 13.2 Å². The minimum atomic E-state index is -4.56. The van der Waals surface area contributed by atoms with Gasteiger partial charge in [0.1, 0.15) is 11.3 Å². The number of hydrogen-bond acceptors (Lipinski definition) is 5. The fourth-order valence-corrected chi connectivity index (χ4v) is 4.69. The molecule has 0 unspecified atom stereocenters. The highest BCUT2D eigenvalue weighted by Gasteiger charge is 2.35. The molecular formula is C24H24F3N3O5. The average molecular weight is 491 g/mol. The molecule has 0 spiro atoms. The fraction of sp³-hybridized carbons (Fsp3) is 0.417. The zero-order valence-corrected chi connectivity index (χ0v) is 19.0. The molecule has 5 rings (SSSR count). The lowest BCUT2D eigenvalue weighted by atomic mass is 10.1. The molecule has 35 heavy (non-hydrogen) atoms. The summed E-state index contributed by atoms with van der Waals surface area (Å²) in [7, 11) is 1.45. The molecule has 2 aliphatic rings. The molecule has 3 aromatic rings. The highest BCUT2D eigenvalue weighted by molar-refractivity contribution is 5.83. The minimum Gasteiger partial charge on any atom is -0.494 e. The SMILES string of the molecule is COc1cccc2c1n(Cc1ccccc1C(F)(F)F)c(=O)n2[C@@H]1CCN(C(=O)OC2COC2)C1. The van der Waals surface area contributed by atoms with E-state index in [1.54, 1.807) is 22.8 Å². The van der Waals surface area contributed by atoms with Gasteiger partial charge in [-0.15, -0.1) is 0 Å². The number of ether oxygens (including phenoxy) is 3. The first kappa shape index (κ1) is 23.3. The average Bonchev–Trinajstić information content (AvgIpc) is 3.39. The summed E-state index contributed by atoms with van der Waals surface area (Å²) in [4.78, 5) is 27.7. The molecule has 3 heterocycles. The number of fused-ring (bicyclic) bond motifs is 1. The van der Waals surface area contributed by atoms with Crippen LogP contribution in [0.3, 0.4) is 0 Å². The van der Waals surface area contributed by atoms with Crippen LogP contribution in [-0.2, 0) is 22.2 Å². The van der Waals surface area contributed by atoms with Crippen LogP contribution < -0.4 is 10.4 Å². The molecular weight excluding hydrogens is 467 g/mol. The number of hydrogen-bond donors (Lipinski definition) is 0. The maximum absolute atomic E-state index is 13.7. The molecule has 2 aliphatic heterocycles. The van der Waals surface area contributed by atoms with Gasteiger partial charge in [-0.25, -0.2) is 9.59 Å². The van der Waals surface area contributed by atoms with E-state index in [0.29, 0.717) is 43.0 Å². The second-order valence-electron chi connectivity index (χ2n) is 8.65. The van der Waals surface area contributed by atoms with Crippen molar-refractivity contribution in [3.63, 3.8) is 0 Å². The van der Waals surface area contributed by atoms with Crippen molar-refractivity contribution in [3.8, 4) is 5.75 Å². The van der Waals surface area contributed by atoms with Crippen molar-refractivity contribution in [1.82, 2.24) is 14.0 Å². The molecule has 11 heteroatoms. The lowest BCUT2D eigenvalue weighted by molar-refractivity contribution is -0.138. The van der Waals surface area contributed by atoms with Gasteiger partial charge in [0.15, 0.2) is 6.10 Å². The lowest BCUT2D eigenvalue weighted by Crippen LogP contribution is -2.42. The molecule has 1 amide bonds. The highest BCUT2D eigenvalue weighted by atomic mass is 19.4. The number of carbonyl (C=O) groups excluding carboxylic acids is 1. The second kappa shape index (κ2) is 8.95. The number of para-hydroxylation sites is 1. The van der Waals surface area contributed by atoms with Gasteiger partial charge in [0.05, 0.1) is 44.0 Å². The van der Waals surface area contributed by atoms with Gasteiger partial charge in [0, 0.05) is 13.1 Å². The third-order valence-corrected chi connectivity index (χ3v) is 6.48. The van der Waals surface area contributed by atoms with Gasteiger partial charge in [-0.3, -0.25) is 9.13 Å². The molecule has 8 nitrogen and oxygen atoms in total. The Morgan fingerprint density at radius 2 is 1.91 bits per heavy atom. The highest BCUT2D eigenvalue weighted by Crippen LogP contribution is 2.34. The molecule has 1 aromatic heterocycles. The van der Waals surface area contributed by atoms with E-state index in [9.17, 15) is 22.8 Å². The largest absolute Gasteiger partial charge is 0.494 e. The van der Waals surface area contributed by atoms with Crippen molar-refractivity contribution < 1.29 is 32.2 Å². The zero-order valence-electron chi connectivity index (χ0n) is 19.0. The van der Waals surface area contributed by atoms with E-state index in [-0.39, 0.29) is 30.8 Å². The smallest absolute Gasteiger partial charge is 0.416 e. The molecule has 2 saturated heterocycles. The van der Waals surface area contributed by atoms with E-state index in [4.69, 9.17) is 14.2 Å². The Morgan fingerprint density at radius 3 is 2.60 bits per heavy atom. The summed E-state index contributed by atoms with van der Waals surface area (Å²) >= 11 is 0. The molecule has 0 aliphatic carbocycles. The molecule has 0 N–H and O–H groups in total. The normalized spacial score (nSPS) is 18.6. The first-order valence-corrected chi connectivity index (χ1v) is 11.2. The first-order chi connectivity index (χ1) is 16.8. The summed E-state index contributed by atoms with van der Waals surface area (Å²) in [5.41, 5.74) is -0.339. The van der Waals surface area contributed by atoms with Gasteiger partial charge in [-0.1, -0.05) is 24.3 Å².